The molecule has 1 N–H and O–H groups in total. The number of hydrogen-bond acceptors (Lipinski definition) is 4. The summed E-state index contributed by atoms with van der Waals surface area (Å²) in [5.74, 6) is 0. The Kier molecular flexibility index (Phi) is 13.6. The second kappa shape index (κ2) is 14.2. The Bertz CT molecular complexity index is 783. The number of benzene rings is 1. The molecule has 0 atom stereocenters. The van der Waals surface area contributed by atoms with Crippen molar-refractivity contribution < 1.29 is 17.5 Å². The molecule has 1 aromatic rings. The first-order chi connectivity index (χ1) is 15.8. The molecule has 188 valence electrons. The first-order valence-electron chi connectivity index (χ1n) is 11.4. The van der Waals surface area contributed by atoms with Crippen LogP contribution < -0.4 is 5.19 Å². The van der Waals surface area contributed by atoms with Crippen LogP contribution in [0.5, 0.6) is 0 Å². The Morgan fingerprint density at radius 2 is 1.12 bits per heavy atom. The summed E-state index contributed by atoms with van der Waals surface area (Å²) in [5.41, 5.74) is 11.3. The molecule has 0 heterocycles. The Hall–Kier alpha value is -1.42. The van der Waals surface area contributed by atoms with Gasteiger partial charge >= 0.3 is 8.80 Å². The number of rotatable bonds is 14. The lowest BCUT2D eigenvalue weighted by Gasteiger charge is -2.43. The fourth-order valence-electron chi connectivity index (χ4n) is 3.34. The van der Waals surface area contributed by atoms with E-state index < -0.39 is 48.5 Å². The molecule has 0 aromatic heterocycles. The Morgan fingerprint density at radius 1 is 0.735 bits per heavy atom. The topological polar surface area (TPSA) is 47.9 Å². The maximum atomic E-state index is 10.6. The molecular weight excluding hydrogens is 505 g/mol. The van der Waals surface area contributed by atoms with Crippen LogP contribution in [0.4, 0.5) is 0 Å². The van der Waals surface area contributed by atoms with Crippen LogP contribution in [0.1, 0.15) is 13.8 Å². The highest BCUT2D eigenvalue weighted by Crippen LogP contribution is 2.31. The zero-order chi connectivity index (χ0) is 26.6. The maximum absolute atomic E-state index is 10.6. The summed E-state index contributed by atoms with van der Waals surface area (Å²) in [6, 6.07) is 9.52. The third-order valence-electron chi connectivity index (χ3n) is 5.37. The molecule has 1 aromatic carbocycles. The second-order valence-corrected chi connectivity index (χ2v) is 24.2. The van der Waals surface area contributed by atoms with E-state index in [9.17, 15) is 4.80 Å². The van der Waals surface area contributed by atoms with E-state index in [1.54, 1.807) is 0 Å². The van der Waals surface area contributed by atoms with Crippen molar-refractivity contribution in [2.24, 2.45) is 0 Å². The van der Waals surface area contributed by atoms with Crippen LogP contribution >= 0.6 is 0 Å². The quantitative estimate of drug-likeness (QED) is 0.336. The van der Waals surface area contributed by atoms with Gasteiger partial charge in [-0.15, -0.1) is 39.5 Å². The van der Waals surface area contributed by atoms with Crippen molar-refractivity contribution >= 4 is 48.5 Å². The molecule has 0 saturated carbocycles. The fourth-order valence-corrected chi connectivity index (χ4v) is 15.7. The summed E-state index contributed by atoms with van der Waals surface area (Å²) in [4.78, 5) is 10.6. The molecule has 0 bridgehead atoms. The highest BCUT2D eigenvalue weighted by Gasteiger charge is 2.45. The molecule has 0 fully saturated rings. The van der Waals surface area contributed by atoms with Crippen molar-refractivity contribution in [2.45, 2.75) is 45.3 Å². The third-order valence-corrected chi connectivity index (χ3v) is 20.0. The third kappa shape index (κ3) is 8.66. The molecule has 0 aliphatic rings. The zero-order valence-electron chi connectivity index (χ0n) is 21.9. The van der Waals surface area contributed by atoms with E-state index in [0.29, 0.717) is 0 Å². The molecule has 0 aliphatic carbocycles. The van der Waals surface area contributed by atoms with E-state index in [2.05, 4.69) is 39.5 Å². The van der Waals surface area contributed by atoms with E-state index in [1.807, 2.05) is 105 Å². The molecule has 0 spiro atoms. The SMILES string of the molecule is C=C[Si](C=C)(C=C)OC(C)(C)[Si](C=C)(C=C)C=C.C[SiH](C)O[Si](O)(O[SiH](C)C)c1ccccc1. The Morgan fingerprint density at radius 3 is 1.41 bits per heavy atom. The lowest BCUT2D eigenvalue weighted by Crippen LogP contribution is -2.58. The highest BCUT2D eigenvalue weighted by atomic mass is 28.5. The first kappa shape index (κ1) is 32.6. The minimum atomic E-state index is -3.13. The molecule has 34 heavy (non-hydrogen) atoms. The first-order valence-corrected chi connectivity index (χ1v) is 23.1. The van der Waals surface area contributed by atoms with Gasteiger partial charge in [-0.2, -0.15) is 0 Å². The largest absolute Gasteiger partial charge is 0.513 e. The van der Waals surface area contributed by atoms with Gasteiger partial charge in [0.1, 0.15) is 0 Å². The van der Waals surface area contributed by atoms with Crippen molar-refractivity contribution in [3.05, 3.63) is 104 Å². The Labute approximate surface area is 214 Å². The predicted octanol–water partition coefficient (Wildman–Crippen LogP) is 4.89. The van der Waals surface area contributed by atoms with Crippen LogP contribution in [0, 0.1) is 0 Å². The molecule has 0 radical (unpaired) electrons. The van der Waals surface area contributed by atoms with Gasteiger partial charge in [-0.25, -0.2) is 0 Å². The van der Waals surface area contributed by atoms with Crippen LogP contribution in [0.15, 0.2) is 104 Å². The number of hydrogen-bond donors (Lipinski definition) is 1. The van der Waals surface area contributed by atoms with E-state index in [0.717, 1.165) is 5.19 Å². The molecular formula is C25H44O4Si5. The van der Waals surface area contributed by atoms with Crippen molar-refractivity contribution in [3.63, 3.8) is 0 Å². The van der Waals surface area contributed by atoms with Crippen molar-refractivity contribution in [3.8, 4) is 0 Å². The zero-order valence-corrected chi connectivity index (χ0v) is 27.2. The van der Waals surface area contributed by atoms with E-state index >= 15 is 0 Å². The van der Waals surface area contributed by atoms with Crippen LogP contribution in [-0.4, -0.2) is 53.3 Å². The lowest BCUT2D eigenvalue weighted by molar-refractivity contribution is 0.187. The van der Waals surface area contributed by atoms with Gasteiger partial charge in [0.15, 0.2) is 26.2 Å². The molecule has 0 unspecified atom stereocenters. The highest BCUT2D eigenvalue weighted by molar-refractivity contribution is 6.96. The van der Waals surface area contributed by atoms with Gasteiger partial charge in [0.2, 0.25) is 0 Å². The van der Waals surface area contributed by atoms with Crippen LogP contribution in [0.2, 0.25) is 26.2 Å². The standard InChI is InChI=1S/C15H24OSi2.C10H20O3Si3/c1-9-17(10-2,11-3)15(7,8)16-18(12-4,13-5)14-6;1-14(2)12-16(11,13-15(3)4)10-8-6-5-7-9-10/h9-14H,1-6H2,7-8H3;5-9,11,14-15H,1-4H3. The van der Waals surface area contributed by atoms with E-state index in [4.69, 9.17) is 12.7 Å². The summed E-state index contributed by atoms with van der Waals surface area (Å²) < 4.78 is 17.9. The molecule has 0 aliphatic heterocycles. The summed E-state index contributed by atoms with van der Waals surface area (Å²) in [6.07, 6.45) is 0. The summed E-state index contributed by atoms with van der Waals surface area (Å²) in [5, 5.41) is 0.401. The van der Waals surface area contributed by atoms with Gasteiger partial charge in [-0.05, 0) is 40.0 Å². The summed E-state index contributed by atoms with van der Waals surface area (Å²) in [6.45, 7) is 35.6. The van der Waals surface area contributed by atoms with Crippen molar-refractivity contribution in [2.75, 3.05) is 0 Å². The van der Waals surface area contributed by atoms with Gasteiger partial charge < -0.3 is 17.5 Å². The van der Waals surface area contributed by atoms with Gasteiger partial charge in [0, 0.05) is 5.19 Å². The van der Waals surface area contributed by atoms with Gasteiger partial charge in [0.05, 0.1) is 5.22 Å². The van der Waals surface area contributed by atoms with Gasteiger partial charge in [0.25, 0.3) is 8.32 Å². The molecule has 4 nitrogen and oxygen atoms in total. The van der Waals surface area contributed by atoms with E-state index in [1.165, 1.54) is 0 Å². The second-order valence-electron chi connectivity index (χ2n) is 8.90. The Balaban J connectivity index is 0.000000644. The fraction of sp³-hybridized carbons (Fsp3) is 0.280. The maximum Gasteiger partial charge on any atom is 0.513 e. The minimum Gasteiger partial charge on any atom is -0.416 e. The van der Waals surface area contributed by atoms with Crippen LogP contribution in [0.3, 0.4) is 0 Å². The van der Waals surface area contributed by atoms with Crippen LogP contribution in [-0.2, 0) is 12.7 Å². The molecule has 9 heteroatoms. The summed E-state index contributed by atoms with van der Waals surface area (Å²) in [7, 11) is -10.2. The average molecular weight is 549 g/mol. The van der Waals surface area contributed by atoms with E-state index in [-0.39, 0.29) is 0 Å². The van der Waals surface area contributed by atoms with Gasteiger partial charge in [-0.3, -0.25) is 0 Å². The monoisotopic (exact) mass is 548 g/mol. The molecule has 0 saturated heterocycles. The molecule has 1 rings (SSSR count). The van der Waals surface area contributed by atoms with Gasteiger partial charge in [-0.1, -0.05) is 64.5 Å². The minimum absolute atomic E-state index is 0.416. The average Bonchev–Trinajstić information content (AvgIpc) is 2.79. The smallest absolute Gasteiger partial charge is 0.416 e. The summed E-state index contributed by atoms with van der Waals surface area (Å²) >= 11 is 0. The normalized spacial score (nSPS) is 12.4. The van der Waals surface area contributed by atoms with Crippen molar-refractivity contribution in [1.29, 1.82) is 0 Å². The molecule has 0 amide bonds. The lowest BCUT2D eigenvalue weighted by atomic mass is 10.4. The van der Waals surface area contributed by atoms with Crippen molar-refractivity contribution in [1.82, 2.24) is 0 Å². The van der Waals surface area contributed by atoms with Crippen LogP contribution in [0.25, 0.3) is 0 Å². The predicted molar refractivity (Wildman–Crippen MR) is 162 cm³/mol.